The van der Waals surface area contributed by atoms with Crippen LogP contribution in [0, 0.1) is 11.3 Å². The molecule has 1 rings (SSSR count). The van der Waals surface area contributed by atoms with Gasteiger partial charge in [-0.15, -0.1) is 0 Å². The van der Waals surface area contributed by atoms with Crippen LogP contribution in [-0.2, 0) is 9.47 Å². The molecule has 1 fully saturated rings. The fraction of sp³-hybridized carbons (Fsp3) is 0.909. The number of hydrogen-bond donors (Lipinski definition) is 1. The number of nitrogens with one attached hydrogen (secondary N) is 1. The molecule has 0 aromatic carbocycles. The predicted octanol–water partition coefficient (Wildman–Crippen LogP) is 1.07. The van der Waals surface area contributed by atoms with Crippen molar-refractivity contribution in [1.82, 2.24) is 5.32 Å². The van der Waals surface area contributed by atoms with E-state index in [9.17, 15) is 5.26 Å². The van der Waals surface area contributed by atoms with E-state index in [1.807, 2.05) is 13.8 Å². The highest BCUT2D eigenvalue weighted by Gasteiger charge is 2.40. The summed E-state index contributed by atoms with van der Waals surface area (Å²) >= 11 is 0. The summed E-state index contributed by atoms with van der Waals surface area (Å²) in [5, 5.41) is 12.5. The molecule has 1 heterocycles. The van der Waals surface area contributed by atoms with E-state index < -0.39 is 5.54 Å². The quantitative estimate of drug-likeness (QED) is 0.708. The van der Waals surface area contributed by atoms with Crippen molar-refractivity contribution in [2.24, 2.45) is 0 Å². The number of rotatable bonds is 4. The predicted molar refractivity (Wildman–Crippen MR) is 57.5 cm³/mol. The van der Waals surface area contributed by atoms with Gasteiger partial charge in [-0.2, -0.15) is 5.26 Å². The second-order valence-electron chi connectivity index (χ2n) is 4.65. The van der Waals surface area contributed by atoms with Gasteiger partial charge in [0.15, 0.2) is 0 Å². The van der Waals surface area contributed by atoms with Crippen molar-refractivity contribution < 1.29 is 9.47 Å². The number of nitrogens with zero attached hydrogens (tertiary/aromatic N) is 1. The van der Waals surface area contributed by atoms with Crippen LogP contribution < -0.4 is 5.32 Å². The van der Waals surface area contributed by atoms with Crippen molar-refractivity contribution >= 4 is 0 Å². The average molecular weight is 212 g/mol. The van der Waals surface area contributed by atoms with E-state index in [0.29, 0.717) is 19.8 Å². The summed E-state index contributed by atoms with van der Waals surface area (Å²) in [5.41, 5.74) is -0.658. The van der Waals surface area contributed by atoms with Gasteiger partial charge in [0.2, 0.25) is 0 Å². The molecule has 1 saturated heterocycles. The molecule has 4 nitrogen and oxygen atoms in total. The van der Waals surface area contributed by atoms with Gasteiger partial charge < -0.3 is 9.47 Å². The van der Waals surface area contributed by atoms with E-state index >= 15 is 0 Å². The maximum atomic E-state index is 9.26. The number of methoxy groups -OCH3 is 1. The molecule has 0 spiro atoms. The first-order chi connectivity index (χ1) is 7.04. The Bertz CT molecular complexity index is 247. The van der Waals surface area contributed by atoms with Crippen molar-refractivity contribution in [1.29, 1.82) is 5.26 Å². The molecule has 1 atom stereocenters. The summed E-state index contributed by atoms with van der Waals surface area (Å²) in [6.07, 6.45) is 1.47. The molecule has 0 radical (unpaired) electrons. The van der Waals surface area contributed by atoms with Crippen LogP contribution in [0.3, 0.4) is 0 Å². The van der Waals surface area contributed by atoms with Gasteiger partial charge in [-0.05, 0) is 13.8 Å². The normalized spacial score (nSPS) is 29.7. The van der Waals surface area contributed by atoms with E-state index in [1.165, 1.54) is 0 Å². The zero-order chi connectivity index (χ0) is 11.4. The van der Waals surface area contributed by atoms with Crippen molar-refractivity contribution in [3.63, 3.8) is 0 Å². The van der Waals surface area contributed by atoms with Crippen molar-refractivity contribution in [2.75, 3.05) is 26.9 Å². The Balaban J connectivity index is 2.56. The van der Waals surface area contributed by atoms with E-state index in [0.717, 1.165) is 12.8 Å². The Morgan fingerprint density at radius 3 is 2.80 bits per heavy atom. The SMILES string of the molecule is COCCNC1(C#N)CCOC(C)(C)C1. The Morgan fingerprint density at radius 2 is 2.27 bits per heavy atom. The minimum Gasteiger partial charge on any atom is -0.383 e. The lowest BCUT2D eigenvalue weighted by atomic mass is 9.82. The third-order valence-corrected chi connectivity index (χ3v) is 2.73. The number of ether oxygens (including phenoxy) is 2. The van der Waals surface area contributed by atoms with E-state index in [-0.39, 0.29) is 5.60 Å². The van der Waals surface area contributed by atoms with Gasteiger partial charge >= 0.3 is 0 Å². The van der Waals surface area contributed by atoms with E-state index in [4.69, 9.17) is 9.47 Å². The van der Waals surface area contributed by atoms with Gasteiger partial charge in [-0.25, -0.2) is 0 Å². The Kier molecular flexibility index (Phi) is 4.09. The second-order valence-corrected chi connectivity index (χ2v) is 4.65. The van der Waals surface area contributed by atoms with Gasteiger partial charge in [0.25, 0.3) is 0 Å². The zero-order valence-corrected chi connectivity index (χ0v) is 9.80. The molecule has 86 valence electrons. The molecule has 1 aliphatic rings. The molecule has 0 aliphatic carbocycles. The summed E-state index contributed by atoms with van der Waals surface area (Å²) in [4.78, 5) is 0. The number of nitriles is 1. The largest absolute Gasteiger partial charge is 0.383 e. The van der Waals surface area contributed by atoms with E-state index in [2.05, 4.69) is 11.4 Å². The third kappa shape index (κ3) is 3.45. The molecule has 0 aromatic rings. The maximum Gasteiger partial charge on any atom is 0.111 e. The topological polar surface area (TPSA) is 54.3 Å². The van der Waals surface area contributed by atoms with Gasteiger partial charge in [0.1, 0.15) is 5.54 Å². The van der Waals surface area contributed by atoms with Gasteiger partial charge in [-0.1, -0.05) is 0 Å². The van der Waals surface area contributed by atoms with Crippen molar-refractivity contribution in [3.8, 4) is 6.07 Å². The van der Waals surface area contributed by atoms with Crippen LogP contribution in [0.1, 0.15) is 26.7 Å². The first-order valence-corrected chi connectivity index (χ1v) is 5.33. The fourth-order valence-electron chi connectivity index (χ4n) is 2.05. The molecular weight excluding hydrogens is 192 g/mol. The van der Waals surface area contributed by atoms with Crippen LogP contribution in [0.4, 0.5) is 0 Å². The highest BCUT2D eigenvalue weighted by molar-refractivity contribution is 5.11. The summed E-state index contributed by atoms with van der Waals surface area (Å²) in [6, 6.07) is 2.39. The van der Waals surface area contributed by atoms with Gasteiger partial charge in [0, 0.05) is 26.5 Å². The van der Waals surface area contributed by atoms with Crippen LogP contribution in [0.2, 0.25) is 0 Å². The highest BCUT2D eigenvalue weighted by Crippen LogP contribution is 2.31. The van der Waals surface area contributed by atoms with E-state index in [1.54, 1.807) is 7.11 Å². The summed E-state index contributed by atoms with van der Waals surface area (Å²) in [6.45, 7) is 6.03. The standard InChI is InChI=1S/C11H20N2O2/c1-10(2)8-11(9-12,4-6-15-10)13-5-7-14-3/h13H,4-8H2,1-3H3. The molecule has 1 aliphatic heterocycles. The summed E-state index contributed by atoms with van der Waals surface area (Å²) < 4.78 is 10.6. The zero-order valence-electron chi connectivity index (χ0n) is 9.80. The highest BCUT2D eigenvalue weighted by atomic mass is 16.5. The van der Waals surface area contributed by atoms with Crippen molar-refractivity contribution in [3.05, 3.63) is 0 Å². The molecular formula is C11H20N2O2. The monoisotopic (exact) mass is 212 g/mol. The Hall–Kier alpha value is -0.630. The van der Waals surface area contributed by atoms with Crippen LogP contribution in [-0.4, -0.2) is 38.0 Å². The van der Waals surface area contributed by atoms with Crippen LogP contribution in [0.5, 0.6) is 0 Å². The molecule has 1 N–H and O–H groups in total. The third-order valence-electron chi connectivity index (χ3n) is 2.73. The fourth-order valence-corrected chi connectivity index (χ4v) is 2.05. The lowest BCUT2D eigenvalue weighted by molar-refractivity contribution is -0.0765. The lowest BCUT2D eigenvalue weighted by Gasteiger charge is -2.41. The summed E-state index contributed by atoms with van der Waals surface area (Å²) in [7, 11) is 1.66. The molecule has 0 saturated carbocycles. The first kappa shape index (κ1) is 12.4. The van der Waals surface area contributed by atoms with Crippen LogP contribution in [0.25, 0.3) is 0 Å². The van der Waals surface area contributed by atoms with Gasteiger partial charge in [0.05, 0.1) is 24.9 Å². The number of hydrogen-bond acceptors (Lipinski definition) is 4. The molecule has 0 bridgehead atoms. The van der Waals surface area contributed by atoms with Crippen LogP contribution in [0.15, 0.2) is 0 Å². The minimum absolute atomic E-state index is 0.214. The van der Waals surface area contributed by atoms with Crippen LogP contribution >= 0.6 is 0 Å². The molecule has 0 aromatic heterocycles. The molecule has 15 heavy (non-hydrogen) atoms. The molecule has 4 heteroatoms. The smallest absolute Gasteiger partial charge is 0.111 e. The average Bonchev–Trinajstić information content (AvgIpc) is 2.17. The first-order valence-electron chi connectivity index (χ1n) is 5.33. The Morgan fingerprint density at radius 1 is 1.53 bits per heavy atom. The van der Waals surface area contributed by atoms with Gasteiger partial charge in [-0.3, -0.25) is 5.32 Å². The minimum atomic E-state index is -0.444. The lowest BCUT2D eigenvalue weighted by Crippen LogP contribution is -2.54. The maximum absolute atomic E-state index is 9.26. The summed E-state index contributed by atoms with van der Waals surface area (Å²) in [5.74, 6) is 0. The Labute approximate surface area is 91.6 Å². The second kappa shape index (κ2) is 4.93. The van der Waals surface area contributed by atoms with Crippen molar-refractivity contribution in [2.45, 2.75) is 37.8 Å². The molecule has 1 unspecified atom stereocenters. The molecule has 0 amide bonds.